The van der Waals surface area contributed by atoms with Crippen LogP contribution in [0.5, 0.6) is 0 Å². The van der Waals surface area contributed by atoms with Gasteiger partial charge in [-0.3, -0.25) is 9.59 Å². The van der Waals surface area contributed by atoms with Gasteiger partial charge in [0, 0.05) is 16.4 Å². The van der Waals surface area contributed by atoms with Crippen molar-refractivity contribution in [1.82, 2.24) is 20.1 Å². The predicted octanol–water partition coefficient (Wildman–Crippen LogP) is 6.92. The van der Waals surface area contributed by atoms with Crippen molar-refractivity contribution < 1.29 is 24.2 Å². The number of aliphatic carboxylic acids is 1. The Morgan fingerprint density at radius 3 is 2.37 bits per heavy atom. The van der Waals surface area contributed by atoms with Crippen LogP contribution in [0.25, 0.3) is 0 Å². The van der Waals surface area contributed by atoms with Crippen LogP contribution in [0.2, 0.25) is 0 Å². The molecule has 3 saturated carbocycles. The average Bonchev–Trinajstić information content (AvgIpc) is 3.54. The van der Waals surface area contributed by atoms with Crippen molar-refractivity contribution in [3.8, 4) is 0 Å². The van der Waals surface area contributed by atoms with Gasteiger partial charge in [0.25, 0.3) is 5.91 Å². The lowest BCUT2D eigenvalue weighted by molar-refractivity contribution is -0.254. The molecule has 286 valence electrons. The highest BCUT2D eigenvalue weighted by Crippen LogP contribution is 2.75. The van der Waals surface area contributed by atoms with Gasteiger partial charge in [-0.1, -0.05) is 80.9 Å². The largest absolute Gasteiger partial charge is 0.481 e. The molecule has 1 aromatic rings. The smallest absolute Gasteiger partial charge is 0.307 e. The van der Waals surface area contributed by atoms with Crippen molar-refractivity contribution in [3.05, 3.63) is 23.8 Å². The number of hydrogen-bond acceptors (Lipinski definition) is 7. The molecule has 0 spiro atoms. The van der Waals surface area contributed by atoms with Gasteiger partial charge in [0.05, 0.1) is 37.9 Å². The molecule has 2 bridgehead atoms. The van der Waals surface area contributed by atoms with Crippen molar-refractivity contribution in [2.24, 2.45) is 67.8 Å². The van der Waals surface area contributed by atoms with Crippen molar-refractivity contribution in [2.45, 2.75) is 132 Å². The summed E-state index contributed by atoms with van der Waals surface area (Å²) in [5.74, 6) is -0.343. The summed E-state index contributed by atoms with van der Waals surface area (Å²) in [6.07, 6.45) is 8.94. The van der Waals surface area contributed by atoms with E-state index in [0.29, 0.717) is 32.2 Å². The molecular formula is C41H67N5O5. The van der Waals surface area contributed by atoms with Crippen molar-refractivity contribution in [1.29, 1.82) is 0 Å². The van der Waals surface area contributed by atoms with Crippen LogP contribution in [0.1, 0.15) is 131 Å². The van der Waals surface area contributed by atoms with Crippen LogP contribution >= 0.6 is 0 Å². The normalized spacial score (nSPS) is 42.5. The number of carbonyl (C=O) groups excluding carboxylic acids is 1. The number of aromatic nitrogens is 3. The summed E-state index contributed by atoms with van der Waals surface area (Å²) in [5, 5.41) is 19.3. The number of likely N-dealkylation sites (N-methyl/N-ethyl adjacent to an activating group) is 1. The minimum absolute atomic E-state index is 0.0881. The topological polar surface area (TPSA) is 142 Å². The third-order valence-electron chi connectivity index (χ3n) is 17.0. The molecule has 5 aliphatic rings. The molecule has 0 unspecified atom stereocenters. The number of carboxylic acids is 1. The number of hydrogen-bond donors (Lipinski definition) is 3. The van der Waals surface area contributed by atoms with Gasteiger partial charge in [0.15, 0.2) is 0 Å². The highest BCUT2D eigenvalue weighted by atomic mass is 16.5. The SMILES string of the molecule is CN[C@@](C)(CO[C@H]1[C@H](n2ncnc2C(N)=O)C[C@@]23COC[C@]1(C)[C@@H]2CC[C@H]1C3=CC[C@@]2(C)[C@H](C(=O)O)[C@@](C)([C@H](C)C(C)C)CC[C@]12C)C(C)(C)C. The van der Waals surface area contributed by atoms with Gasteiger partial charge in [-0.15, -0.1) is 0 Å². The molecule has 0 aromatic carbocycles. The predicted molar refractivity (Wildman–Crippen MR) is 198 cm³/mol. The zero-order valence-corrected chi connectivity index (χ0v) is 33.6. The van der Waals surface area contributed by atoms with E-state index in [1.807, 2.05) is 7.05 Å². The lowest BCUT2D eigenvalue weighted by Crippen LogP contribution is -2.69. The van der Waals surface area contributed by atoms with Gasteiger partial charge in [-0.05, 0) is 97.8 Å². The van der Waals surface area contributed by atoms with E-state index < -0.39 is 23.2 Å². The molecule has 4 fully saturated rings. The van der Waals surface area contributed by atoms with Crippen molar-refractivity contribution in [3.63, 3.8) is 0 Å². The van der Waals surface area contributed by atoms with Crippen LogP contribution in [0, 0.1) is 62.1 Å². The monoisotopic (exact) mass is 710 g/mol. The first-order chi connectivity index (χ1) is 23.6. The fourth-order valence-electron chi connectivity index (χ4n) is 12.7. The van der Waals surface area contributed by atoms with Gasteiger partial charge >= 0.3 is 5.97 Å². The van der Waals surface area contributed by atoms with Crippen LogP contribution in [-0.2, 0) is 14.3 Å². The van der Waals surface area contributed by atoms with Crippen LogP contribution in [0.15, 0.2) is 18.0 Å². The lowest BCUT2D eigenvalue weighted by Gasteiger charge is -2.71. The zero-order valence-electron chi connectivity index (χ0n) is 33.6. The molecule has 0 radical (unpaired) electrons. The molecular weight excluding hydrogens is 642 g/mol. The molecule has 6 rings (SSSR count). The Morgan fingerprint density at radius 2 is 1.78 bits per heavy atom. The molecule has 12 atom stereocenters. The molecule has 10 nitrogen and oxygen atoms in total. The molecule has 10 heteroatoms. The fourth-order valence-corrected chi connectivity index (χ4v) is 12.7. The summed E-state index contributed by atoms with van der Waals surface area (Å²) in [7, 11) is 1.99. The first-order valence-electron chi connectivity index (χ1n) is 19.6. The highest BCUT2D eigenvalue weighted by Gasteiger charge is 2.72. The first-order valence-corrected chi connectivity index (χ1v) is 19.6. The van der Waals surface area contributed by atoms with Crippen LogP contribution in [-0.4, -0.2) is 70.3 Å². The van der Waals surface area contributed by atoms with E-state index in [4.69, 9.17) is 15.2 Å². The van der Waals surface area contributed by atoms with E-state index in [1.165, 1.54) is 11.9 Å². The maximum absolute atomic E-state index is 13.5. The number of primary amides is 1. The summed E-state index contributed by atoms with van der Waals surface area (Å²) in [4.78, 5) is 30.6. The Balaban J connectivity index is 1.47. The second-order valence-electron chi connectivity index (χ2n) is 20.1. The number of carboxylic acid groups (broad SMARTS) is 1. The Hall–Kier alpha value is -2.30. The average molecular weight is 710 g/mol. The molecule has 1 amide bonds. The number of nitrogens with two attached hydrogens (primary N) is 1. The van der Waals surface area contributed by atoms with E-state index in [9.17, 15) is 14.7 Å². The molecule has 2 heterocycles. The van der Waals surface area contributed by atoms with Crippen LogP contribution in [0.3, 0.4) is 0 Å². The molecule has 1 saturated heterocycles. The van der Waals surface area contributed by atoms with Crippen molar-refractivity contribution >= 4 is 11.9 Å². The molecule has 1 aliphatic heterocycles. The summed E-state index contributed by atoms with van der Waals surface area (Å²) in [5.41, 5.74) is 5.36. The zero-order chi connectivity index (χ0) is 37.7. The van der Waals surface area contributed by atoms with Gasteiger partial charge in [0.2, 0.25) is 5.82 Å². The minimum Gasteiger partial charge on any atom is -0.481 e. The Kier molecular flexibility index (Phi) is 9.32. The number of allylic oxidation sites excluding steroid dienone is 1. The third kappa shape index (κ3) is 5.25. The van der Waals surface area contributed by atoms with Gasteiger partial charge in [-0.2, -0.15) is 5.10 Å². The quantitative estimate of drug-likeness (QED) is 0.235. The Labute approximate surface area is 306 Å². The Bertz CT molecular complexity index is 1570. The Morgan fingerprint density at radius 1 is 1.10 bits per heavy atom. The van der Waals surface area contributed by atoms with E-state index in [1.54, 1.807) is 4.68 Å². The maximum Gasteiger partial charge on any atom is 0.307 e. The summed E-state index contributed by atoms with van der Waals surface area (Å²) < 4.78 is 15.6. The molecule has 51 heavy (non-hydrogen) atoms. The number of nitrogens with zero attached hydrogens (tertiary/aromatic N) is 3. The van der Waals surface area contributed by atoms with E-state index in [2.05, 4.69) is 97.6 Å². The number of nitrogens with one attached hydrogen (secondary N) is 1. The summed E-state index contributed by atoms with van der Waals surface area (Å²) in [6.45, 7) is 26.5. The van der Waals surface area contributed by atoms with Crippen LogP contribution < -0.4 is 11.1 Å². The second kappa shape index (κ2) is 12.4. The standard InChI is InChI=1S/C41H67N5O5/c1-24(2)25(3)36(7)17-18-38(9)26-13-14-29-37(8)20-50-22-41(29,27(26)15-16-39(38,10)30(36)34(48)49)19-28(46-33(32(42)47)44-23-45-46)31(37)51-21-40(11,43-12)35(4,5)6/h15,23-26,28-31,43H,13-14,16-22H2,1-12H3,(H2,42,47)(H,48,49)/t25-,26+,28-,29+,30-,31+,36-,37-,38-,39+,40+,41+/m1/s1. The molecule has 4 aliphatic carbocycles. The van der Waals surface area contributed by atoms with Crippen molar-refractivity contribution in [2.75, 3.05) is 26.9 Å². The van der Waals surface area contributed by atoms with Gasteiger partial charge < -0.3 is 25.6 Å². The lowest BCUT2D eigenvalue weighted by atomic mass is 9.34. The number of carbonyl (C=O) groups is 2. The van der Waals surface area contributed by atoms with E-state index >= 15 is 0 Å². The van der Waals surface area contributed by atoms with E-state index in [0.717, 1.165) is 32.1 Å². The fraction of sp³-hybridized carbons (Fsp3) is 0.854. The maximum atomic E-state index is 13.5. The third-order valence-corrected chi connectivity index (χ3v) is 17.0. The summed E-state index contributed by atoms with van der Waals surface area (Å²) in [6, 6.07) is -0.296. The highest BCUT2D eigenvalue weighted by molar-refractivity contribution is 5.89. The van der Waals surface area contributed by atoms with Gasteiger partial charge in [0.1, 0.15) is 6.33 Å². The van der Waals surface area contributed by atoms with Crippen LogP contribution in [0.4, 0.5) is 0 Å². The number of amides is 1. The second-order valence-corrected chi connectivity index (χ2v) is 20.1. The molecule has 4 N–H and O–H groups in total. The molecule has 1 aromatic heterocycles. The summed E-state index contributed by atoms with van der Waals surface area (Å²) >= 11 is 0. The number of fused-ring (bicyclic) bond motifs is 3. The number of rotatable bonds is 9. The van der Waals surface area contributed by atoms with Gasteiger partial charge in [-0.25, -0.2) is 9.67 Å². The minimum atomic E-state index is -0.651. The van der Waals surface area contributed by atoms with E-state index in [-0.39, 0.29) is 68.3 Å². The first kappa shape index (κ1) is 38.4. The number of ether oxygens (including phenoxy) is 2.